The maximum absolute atomic E-state index is 12.9. The lowest BCUT2D eigenvalue weighted by Gasteiger charge is -2.23. The fraction of sp³-hybridized carbons (Fsp3) is 0.217. The normalized spacial score (nSPS) is 20.9. The van der Waals surface area contributed by atoms with Crippen LogP contribution < -0.4 is 9.91 Å². The zero-order valence-electron chi connectivity index (χ0n) is 16.4. The fourth-order valence-electron chi connectivity index (χ4n) is 3.93. The average Bonchev–Trinajstić information content (AvgIpc) is 3.06. The van der Waals surface area contributed by atoms with Crippen molar-refractivity contribution >= 4 is 34.6 Å². The number of carbonyl (C=O) groups excluding carboxylic acids is 1. The molecule has 2 aliphatic heterocycles. The number of carbonyl (C=O) groups is 1. The molecule has 0 bridgehead atoms. The molecule has 0 spiro atoms. The fourth-order valence-corrected chi connectivity index (χ4v) is 4.06. The van der Waals surface area contributed by atoms with Crippen molar-refractivity contribution in [1.29, 1.82) is 0 Å². The molecule has 0 saturated carbocycles. The Morgan fingerprint density at radius 2 is 1.71 bits per heavy atom. The maximum Gasteiger partial charge on any atom is 0.280 e. The molecule has 2 heterocycles. The van der Waals surface area contributed by atoms with Crippen molar-refractivity contribution in [3.8, 4) is 0 Å². The smallest absolute Gasteiger partial charge is 0.280 e. The number of benzene rings is 2. The number of hydrogen-bond acceptors (Lipinski definition) is 3. The summed E-state index contributed by atoms with van der Waals surface area (Å²) < 4.78 is 0. The first-order chi connectivity index (χ1) is 13.3. The lowest BCUT2D eigenvalue weighted by molar-refractivity contribution is -0.114. The number of fused-ring (bicyclic) bond motifs is 1. The molecular weight excluding hydrogens is 370 g/mol. The summed E-state index contributed by atoms with van der Waals surface area (Å²) in [5, 5.41) is 6.49. The molecule has 0 saturated heterocycles. The van der Waals surface area contributed by atoms with Gasteiger partial charge in [-0.25, -0.2) is 0 Å². The standard InChI is InChI=1S/C23H22ClN3O/c1-15-18(22(28)27(25-15)17-11-9-16(24)10-12-17)13-14-21-23(2,3)19-7-5-6-8-20(19)26(21)4/h5-14H,1-4H3/b18-13-,21-14+. The van der Waals surface area contributed by atoms with Crippen LogP contribution in [0.5, 0.6) is 0 Å². The van der Waals surface area contributed by atoms with Gasteiger partial charge in [-0.3, -0.25) is 4.79 Å². The molecule has 0 radical (unpaired) electrons. The van der Waals surface area contributed by atoms with Crippen LogP contribution in [0.3, 0.4) is 0 Å². The number of anilines is 2. The molecule has 5 heteroatoms. The van der Waals surface area contributed by atoms with E-state index in [1.807, 2.05) is 25.1 Å². The van der Waals surface area contributed by atoms with E-state index in [0.29, 0.717) is 22.0 Å². The number of hydrazone groups is 1. The highest BCUT2D eigenvalue weighted by Gasteiger charge is 2.38. The van der Waals surface area contributed by atoms with Crippen LogP contribution in [0.4, 0.5) is 11.4 Å². The summed E-state index contributed by atoms with van der Waals surface area (Å²) in [6, 6.07) is 15.5. The van der Waals surface area contributed by atoms with Crippen LogP contribution in [0.25, 0.3) is 0 Å². The van der Waals surface area contributed by atoms with E-state index in [1.165, 1.54) is 16.3 Å². The molecule has 2 aromatic carbocycles. The van der Waals surface area contributed by atoms with Gasteiger partial charge in [0.25, 0.3) is 5.91 Å². The van der Waals surface area contributed by atoms with Crippen LogP contribution in [0, 0.1) is 0 Å². The third-order valence-corrected chi connectivity index (χ3v) is 5.73. The van der Waals surface area contributed by atoms with Crippen molar-refractivity contribution in [2.24, 2.45) is 5.10 Å². The first-order valence-corrected chi connectivity index (χ1v) is 9.60. The summed E-state index contributed by atoms with van der Waals surface area (Å²) in [5.41, 5.74) is 5.50. The minimum atomic E-state index is -0.134. The lowest BCUT2D eigenvalue weighted by Crippen LogP contribution is -2.23. The molecule has 4 rings (SSSR count). The Bertz CT molecular complexity index is 1050. The van der Waals surface area contributed by atoms with Crippen molar-refractivity contribution in [1.82, 2.24) is 0 Å². The second-order valence-electron chi connectivity index (χ2n) is 7.61. The number of halogens is 1. The highest BCUT2D eigenvalue weighted by atomic mass is 35.5. The van der Waals surface area contributed by atoms with Gasteiger partial charge in [0.05, 0.1) is 17.0 Å². The zero-order valence-corrected chi connectivity index (χ0v) is 17.2. The first-order valence-electron chi connectivity index (χ1n) is 9.22. The molecule has 0 fully saturated rings. The Labute approximate surface area is 170 Å². The maximum atomic E-state index is 12.9. The van der Waals surface area contributed by atoms with Crippen molar-refractivity contribution in [2.75, 3.05) is 17.0 Å². The van der Waals surface area contributed by atoms with E-state index < -0.39 is 0 Å². The van der Waals surface area contributed by atoms with Crippen LogP contribution >= 0.6 is 11.6 Å². The molecule has 1 amide bonds. The molecule has 2 aromatic rings. The Balaban J connectivity index is 1.68. The Hall–Kier alpha value is -2.85. The van der Waals surface area contributed by atoms with Gasteiger partial charge in [-0.15, -0.1) is 0 Å². The summed E-state index contributed by atoms with van der Waals surface area (Å²) in [6.45, 7) is 6.27. The molecule has 0 aliphatic carbocycles. The van der Waals surface area contributed by atoms with Crippen molar-refractivity contribution in [3.63, 3.8) is 0 Å². The van der Waals surface area contributed by atoms with Gasteiger partial charge in [-0.2, -0.15) is 10.1 Å². The van der Waals surface area contributed by atoms with Gasteiger partial charge in [0.2, 0.25) is 0 Å². The van der Waals surface area contributed by atoms with E-state index in [0.717, 1.165) is 5.70 Å². The van der Waals surface area contributed by atoms with Gasteiger partial charge in [-0.05, 0) is 55.0 Å². The molecular formula is C23H22ClN3O. The number of rotatable bonds is 2. The monoisotopic (exact) mass is 391 g/mol. The van der Waals surface area contributed by atoms with E-state index in [2.05, 4.69) is 49.1 Å². The number of para-hydroxylation sites is 1. The minimum Gasteiger partial charge on any atom is -0.347 e. The van der Waals surface area contributed by atoms with Crippen molar-refractivity contribution in [3.05, 3.63) is 82.5 Å². The van der Waals surface area contributed by atoms with E-state index in [4.69, 9.17) is 11.6 Å². The molecule has 0 aromatic heterocycles. The number of hydrogen-bond donors (Lipinski definition) is 0. The summed E-state index contributed by atoms with van der Waals surface area (Å²) in [6.07, 6.45) is 3.92. The largest absolute Gasteiger partial charge is 0.347 e. The third-order valence-electron chi connectivity index (χ3n) is 5.48. The Kier molecular flexibility index (Phi) is 4.39. The molecule has 0 N–H and O–H groups in total. The second-order valence-corrected chi connectivity index (χ2v) is 8.05. The molecule has 0 atom stereocenters. The summed E-state index contributed by atoms with van der Waals surface area (Å²) >= 11 is 5.95. The third kappa shape index (κ3) is 2.85. The van der Waals surface area contributed by atoms with Crippen molar-refractivity contribution < 1.29 is 4.79 Å². The first kappa shape index (κ1) is 18.5. The minimum absolute atomic E-state index is 0.132. The molecule has 28 heavy (non-hydrogen) atoms. The number of likely N-dealkylation sites (N-methyl/N-ethyl adjacent to an activating group) is 1. The lowest BCUT2D eigenvalue weighted by atomic mass is 9.83. The van der Waals surface area contributed by atoms with Gasteiger partial charge in [0, 0.05) is 28.9 Å². The quantitative estimate of drug-likeness (QED) is 0.651. The second kappa shape index (κ2) is 6.64. The van der Waals surface area contributed by atoms with Crippen LogP contribution in [-0.2, 0) is 10.2 Å². The Morgan fingerprint density at radius 1 is 1.04 bits per heavy atom. The summed E-state index contributed by atoms with van der Waals surface area (Å²) in [5.74, 6) is -0.132. The zero-order chi connectivity index (χ0) is 20.1. The molecule has 2 aliphatic rings. The van der Waals surface area contributed by atoms with Gasteiger partial charge in [0.15, 0.2) is 0 Å². The number of allylic oxidation sites excluding steroid dienone is 3. The summed E-state index contributed by atoms with van der Waals surface area (Å²) in [7, 11) is 2.06. The van der Waals surface area contributed by atoms with Gasteiger partial charge >= 0.3 is 0 Å². The highest BCUT2D eigenvalue weighted by molar-refractivity contribution is 6.31. The predicted molar refractivity (Wildman–Crippen MR) is 116 cm³/mol. The van der Waals surface area contributed by atoms with Crippen molar-refractivity contribution in [2.45, 2.75) is 26.2 Å². The van der Waals surface area contributed by atoms with E-state index in [-0.39, 0.29) is 11.3 Å². The van der Waals surface area contributed by atoms with Crippen LogP contribution in [0.2, 0.25) is 5.02 Å². The van der Waals surface area contributed by atoms with Gasteiger partial charge in [-0.1, -0.05) is 43.6 Å². The molecule has 4 nitrogen and oxygen atoms in total. The van der Waals surface area contributed by atoms with Crippen LogP contribution in [-0.4, -0.2) is 18.7 Å². The van der Waals surface area contributed by atoms with Gasteiger partial charge in [0.1, 0.15) is 0 Å². The Morgan fingerprint density at radius 3 is 2.39 bits per heavy atom. The number of nitrogens with zero attached hydrogens (tertiary/aromatic N) is 3. The van der Waals surface area contributed by atoms with Crippen LogP contribution in [0.1, 0.15) is 26.3 Å². The molecule has 0 unspecified atom stereocenters. The molecule has 142 valence electrons. The van der Waals surface area contributed by atoms with Gasteiger partial charge < -0.3 is 4.90 Å². The van der Waals surface area contributed by atoms with Crippen LogP contribution in [0.15, 0.2) is 77.1 Å². The van der Waals surface area contributed by atoms with E-state index in [9.17, 15) is 4.79 Å². The predicted octanol–water partition coefficient (Wildman–Crippen LogP) is 5.30. The van der Waals surface area contributed by atoms with E-state index >= 15 is 0 Å². The topological polar surface area (TPSA) is 35.9 Å². The SMILES string of the molecule is CC1=NN(c2ccc(Cl)cc2)C(=O)/C1=C\C=C1\N(C)c2ccccc2C1(C)C. The average molecular weight is 392 g/mol. The highest BCUT2D eigenvalue weighted by Crippen LogP contribution is 2.46. The number of amides is 1. The summed E-state index contributed by atoms with van der Waals surface area (Å²) in [4.78, 5) is 15.1. The van der Waals surface area contributed by atoms with E-state index in [1.54, 1.807) is 24.3 Å².